The molecule has 2 aromatic rings. The molecule has 2 aliphatic rings. The number of guanidine groups is 1. The summed E-state index contributed by atoms with van der Waals surface area (Å²) in [7, 11) is 3.75. The second-order valence-electron chi connectivity index (χ2n) is 6.95. The van der Waals surface area contributed by atoms with Crippen LogP contribution < -0.4 is 0 Å². The van der Waals surface area contributed by atoms with Gasteiger partial charge < -0.3 is 4.90 Å². The van der Waals surface area contributed by atoms with Crippen molar-refractivity contribution in [1.29, 1.82) is 0 Å². The van der Waals surface area contributed by atoms with Crippen molar-refractivity contribution < 1.29 is 9.59 Å². The van der Waals surface area contributed by atoms with Crippen LogP contribution in [0, 0.1) is 6.92 Å². The van der Waals surface area contributed by atoms with Crippen molar-refractivity contribution >= 4 is 28.8 Å². The highest BCUT2D eigenvalue weighted by molar-refractivity contribution is 6.43. The second kappa shape index (κ2) is 6.13. The molecule has 0 aromatic heterocycles. The van der Waals surface area contributed by atoms with E-state index >= 15 is 0 Å². The predicted molar refractivity (Wildman–Crippen MR) is 107 cm³/mol. The van der Waals surface area contributed by atoms with Gasteiger partial charge in [0.05, 0.1) is 5.57 Å². The van der Waals surface area contributed by atoms with Crippen molar-refractivity contribution in [3.8, 4) is 0 Å². The molecule has 1 aliphatic heterocycles. The average molecular weight is 357 g/mol. The first-order chi connectivity index (χ1) is 12.9. The molecule has 0 fully saturated rings. The third kappa shape index (κ3) is 2.63. The van der Waals surface area contributed by atoms with Crippen molar-refractivity contribution in [2.75, 3.05) is 14.1 Å². The predicted octanol–water partition coefficient (Wildman–Crippen LogP) is 3.53. The molecule has 0 unspecified atom stereocenters. The van der Waals surface area contributed by atoms with Gasteiger partial charge in [-0.25, -0.2) is 9.98 Å². The molecule has 0 amide bonds. The Balaban J connectivity index is 1.99. The topological polar surface area (TPSA) is 62.1 Å². The van der Waals surface area contributed by atoms with E-state index in [0.717, 1.165) is 22.4 Å². The molecule has 1 heterocycles. The Morgan fingerprint density at radius 1 is 0.963 bits per heavy atom. The molecule has 0 saturated carbocycles. The van der Waals surface area contributed by atoms with Crippen LogP contribution in [0.1, 0.15) is 44.3 Å². The van der Waals surface area contributed by atoms with Crippen LogP contribution in [0.4, 0.5) is 0 Å². The van der Waals surface area contributed by atoms with Crippen molar-refractivity contribution in [2.45, 2.75) is 13.8 Å². The minimum Gasteiger partial charge on any atom is -0.347 e. The summed E-state index contributed by atoms with van der Waals surface area (Å²) in [4.78, 5) is 36.2. The number of ketones is 2. The van der Waals surface area contributed by atoms with E-state index in [1.165, 1.54) is 6.92 Å². The second-order valence-corrected chi connectivity index (χ2v) is 6.95. The highest BCUT2D eigenvalue weighted by atomic mass is 16.1. The number of hydrogen-bond donors (Lipinski definition) is 0. The highest BCUT2D eigenvalue weighted by Crippen LogP contribution is 2.37. The van der Waals surface area contributed by atoms with Crippen molar-refractivity contribution in [3.63, 3.8) is 0 Å². The molecule has 0 atom stereocenters. The van der Waals surface area contributed by atoms with E-state index in [-0.39, 0.29) is 11.6 Å². The normalized spacial score (nSPS) is 15.2. The van der Waals surface area contributed by atoms with Crippen LogP contribution in [0.5, 0.6) is 0 Å². The third-order valence-electron chi connectivity index (χ3n) is 4.84. The zero-order chi connectivity index (χ0) is 19.3. The first-order valence-electron chi connectivity index (χ1n) is 8.74. The molecular weight excluding hydrogens is 338 g/mol. The van der Waals surface area contributed by atoms with Gasteiger partial charge in [-0.3, -0.25) is 9.59 Å². The van der Waals surface area contributed by atoms with Crippen LogP contribution in [-0.2, 0) is 0 Å². The fraction of sp³-hybridized carbons (Fsp3) is 0.182. The Bertz CT molecular complexity index is 1100. The van der Waals surface area contributed by atoms with Gasteiger partial charge in [-0.05, 0) is 31.0 Å². The zero-order valence-electron chi connectivity index (χ0n) is 15.7. The van der Waals surface area contributed by atoms with Gasteiger partial charge in [0.15, 0.2) is 11.6 Å². The smallest absolute Gasteiger partial charge is 0.226 e. The summed E-state index contributed by atoms with van der Waals surface area (Å²) in [6.07, 6.45) is 0. The van der Waals surface area contributed by atoms with Gasteiger partial charge in [-0.1, -0.05) is 36.4 Å². The van der Waals surface area contributed by atoms with Gasteiger partial charge in [0.2, 0.25) is 5.96 Å². The summed E-state index contributed by atoms with van der Waals surface area (Å²) in [5, 5.41) is 0. The van der Waals surface area contributed by atoms with Crippen LogP contribution in [0.25, 0.3) is 5.57 Å². The molecule has 0 saturated heterocycles. The molecule has 5 nitrogen and oxygen atoms in total. The first kappa shape index (κ1) is 17.1. The number of rotatable bonds is 2. The number of nitrogens with zero attached hydrogens (tertiary/aromatic N) is 3. The van der Waals surface area contributed by atoms with E-state index in [1.54, 1.807) is 6.07 Å². The van der Waals surface area contributed by atoms with Crippen LogP contribution in [-0.4, -0.2) is 42.2 Å². The van der Waals surface area contributed by atoms with E-state index < -0.39 is 0 Å². The van der Waals surface area contributed by atoms with Gasteiger partial charge in [0, 0.05) is 30.8 Å². The molecule has 1 aliphatic carbocycles. The van der Waals surface area contributed by atoms with Gasteiger partial charge in [-0.15, -0.1) is 0 Å². The SMILES string of the molecule is CC(=O)c1ccc(C2=C3N=C(N(C)C)N=C3c3ccccc3C2=O)c(C)c1. The lowest BCUT2D eigenvalue weighted by Gasteiger charge is -2.20. The molecule has 0 radical (unpaired) electrons. The van der Waals surface area contributed by atoms with Crippen LogP contribution in [0.2, 0.25) is 0 Å². The van der Waals surface area contributed by atoms with Crippen molar-refractivity contribution in [2.24, 2.45) is 9.98 Å². The first-order valence-corrected chi connectivity index (χ1v) is 8.74. The number of aryl methyl sites for hydroxylation is 1. The fourth-order valence-electron chi connectivity index (χ4n) is 3.44. The number of fused-ring (bicyclic) bond motifs is 3. The zero-order valence-corrected chi connectivity index (χ0v) is 15.7. The Morgan fingerprint density at radius 2 is 1.67 bits per heavy atom. The monoisotopic (exact) mass is 357 g/mol. The summed E-state index contributed by atoms with van der Waals surface area (Å²) in [6.45, 7) is 3.44. The van der Waals surface area contributed by atoms with Crippen molar-refractivity contribution in [1.82, 2.24) is 4.90 Å². The Kier molecular flexibility index (Phi) is 3.88. The van der Waals surface area contributed by atoms with Crippen LogP contribution >= 0.6 is 0 Å². The molecular formula is C22H19N3O2. The quantitative estimate of drug-likeness (QED) is 0.773. The van der Waals surface area contributed by atoms with E-state index in [2.05, 4.69) is 9.98 Å². The number of allylic oxidation sites excluding steroid dienone is 2. The van der Waals surface area contributed by atoms with E-state index in [9.17, 15) is 9.59 Å². The van der Waals surface area contributed by atoms with E-state index in [0.29, 0.717) is 28.4 Å². The Hall–Kier alpha value is -3.34. The molecule has 0 N–H and O–H groups in total. The maximum Gasteiger partial charge on any atom is 0.226 e. The van der Waals surface area contributed by atoms with Crippen molar-refractivity contribution in [3.05, 3.63) is 76.0 Å². The largest absolute Gasteiger partial charge is 0.347 e. The molecule has 5 heteroatoms. The summed E-state index contributed by atoms with van der Waals surface area (Å²) in [5.74, 6) is 0.501. The molecule has 27 heavy (non-hydrogen) atoms. The van der Waals surface area contributed by atoms with Gasteiger partial charge in [0.1, 0.15) is 11.4 Å². The highest BCUT2D eigenvalue weighted by Gasteiger charge is 2.35. The number of hydrogen-bond acceptors (Lipinski definition) is 5. The van der Waals surface area contributed by atoms with Crippen LogP contribution in [0.3, 0.4) is 0 Å². The maximum absolute atomic E-state index is 13.3. The molecule has 4 rings (SSSR count). The minimum atomic E-state index is -0.0676. The molecule has 134 valence electrons. The van der Waals surface area contributed by atoms with Crippen LogP contribution in [0.15, 0.2) is 58.1 Å². The van der Waals surface area contributed by atoms with E-state index in [1.807, 2.05) is 62.3 Å². The van der Waals surface area contributed by atoms with Gasteiger partial charge in [-0.2, -0.15) is 0 Å². The lowest BCUT2D eigenvalue weighted by atomic mass is 9.82. The lowest BCUT2D eigenvalue weighted by Crippen LogP contribution is -2.20. The molecule has 2 aromatic carbocycles. The third-order valence-corrected chi connectivity index (χ3v) is 4.84. The minimum absolute atomic E-state index is 0.00125. The summed E-state index contributed by atoms with van der Waals surface area (Å²) < 4.78 is 0. The number of aliphatic imine (C=N–C) groups is 2. The number of carbonyl (C=O) groups excluding carboxylic acids is 2. The average Bonchev–Trinajstić information content (AvgIpc) is 3.08. The Labute approximate surface area is 157 Å². The molecule has 0 bridgehead atoms. The fourth-order valence-corrected chi connectivity index (χ4v) is 3.44. The standard InChI is InChI=1S/C22H19N3O2/c1-12-11-14(13(2)26)9-10-15(12)18-20-19(23-22(24-20)25(3)4)16-7-5-6-8-17(16)21(18)27/h5-11H,1-4H3. The van der Waals surface area contributed by atoms with Gasteiger partial charge >= 0.3 is 0 Å². The molecule has 0 spiro atoms. The number of carbonyl (C=O) groups is 2. The summed E-state index contributed by atoms with van der Waals surface area (Å²) in [5.41, 5.74) is 5.57. The van der Waals surface area contributed by atoms with E-state index in [4.69, 9.17) is 0 Å². The lowest BCUT2D eigenvalue weighted by molar-refractivity contribution is 0.101. The van der Waals surface area contributed by atoms with Gasteiger partial charge in [0.25, 0.3) is 0 Å². The Morgan fingerprint density at radius 3 is 2.30 bits per heavy atom. The summed E-state index contributed by atoms with van der Waals surface area (Å²) >= 11 is 0. The number of Topliss-reactive ketones (excluding diaryl/α,β-unsaturated/α-hetero) is 2. The maximum atomic E-state index is 13.3. The number of benzene rings is 2. The summed E-state index contributed by atoms with van der Waals surface area (Å²) in [6, 6.07) is 12.9.